The molecule has 2 heterocycles. The van der Waals surface area contributed by atoms with Gasteiger partial charge in [-0.05, 0) is 28.5 Å². The number of carbonyl (C=O) groups excluding carboxylic acids is 1. The lowest BCUT2D eigenvalue weighted by molar-refractivity contribution is -0.144. The molecule has 4 nitrogen and oxygen atoms in total. The average Bonchev–Trinajstić information content (AvgIpc) is 3.32. The number of esters is 1. The number of hydrogen-bond donors (Lipinski definition) is 0. The predicted octanol–water partition coefficient (Wildman–Crippen LogP) is 4.84. The molecular formula is C20H15NO3S. The minimum atomic E-state index is -0.260. The summed E-state index contributed by atoms with van der Waals surface area (Å²) < 4.78 is 10.7. The van der Waals surface area contributed by atoms with Gasteiger partial charge in [-0.3, -0.25) is 4.79 Å². The van der Waals surface area contributed by atoms with Crippen LogP contribution in [0.4, 0.5) is 0 Å². The molecule has 0 aliphatic rings. The quantitative estimate of drug-likeness (QED) is 0.484. The first-order valence-corrected chi connectivity index (χ1v) is 8.78. The third-order valence-electron chi connectivity index (χ3n) is 3.88. The number of fused-ring (bicyclic) bond motifs is 1. The Morgan fingerprint density at radius 3 is 2.84 bits per heavy atom. The van der Waals surface area contributed by atoms with Crippen LogP contribution in [0.15, 0.2) is 70.7 Å². The highest BCUT2D eigenvalue weighted by Gasteiger charge is 2.11. The summed E-state index contributed by atoms with van der Waals surface area (Å²) in [5.41, 5.74) is 1.69. The molecule has 4 aromatic rings. The third-order valence-corrected chi connectivity index (χ3v) is 4.79. The van der Waals surface area contributed by atoms with Crippen molar-refractivity contribution in [3.8, 4) is 10.8 Å². The molecule has 0 aliphatic heterocycles. The summed E-state index contributed by atoms with van der Waals surface area (Å²) in [4.78, 5) is 16.6. The van der Waals surface area contributed by atoms with Crippen LogP contribution < -0.4 is 0 Å². The van der Waals surface area contributed by atoms with Crippen molar-refractivity contribution in [2.75, 3.05) is 0 Å². The van der Waals surface area contributed by atoms with Crippen LogP contribution in [0, 0.1) is 0 Å². The highest BCUT2D eigenvalue weighted by molar-refractivity contribution is 7.13. The zero-order chi connectivity index (χ0) is 17.1. The standard InChI is InChI=1S/C20H15NO3S/c22-19(11-15-7-3-6-14-5-1-2-8-17(14)15)24-12-16-13-25-20(21-16)18-9-4-10-23-18/h1-10,13H,11-12H2. The first-order valence-electron chi connectivity index (χ1n) is 7.90. The van der Waals surface area contributed by atoms with Crippen LogP contribution in [-0.2, 0) is 22.6 Å². The average molecular weight is 349 g/mol. The van der Waals surface area contributed by atoms with Gasteiger partial charge in [0.2, 0.25) is 0 Å². The van der Waals surface area contributed by atoms with Crippen LogP contribution in [-0.4, -0.2) is 11.0 Å². The lowest BCUT2D eigenvalue weighted by Crippen LogP contribution is -2.08. The smallest absolute Gasteiger partial charge is 0.310 e. The number of thiazole rings is 1. The van der Waals surface area contributed by atoms with E-state index in [1.54, 1.807) is 6.26 Å². The number of furan rings is 1. The van der Waals surface area contributed by atoms with E-state index in [0.29, 0.717) is 0 Å². The van der Waals surface area contributed by atoms with Gasteiger partial charge in [-0.15, -0.1) is 11.3 Å². The minimum Gasteiger partial charge on any atom is -0.462 e. The largest absolute Gasteiger partial charge is 0.462 e. The van der Waals surface area contributed by atoms with Crippen LogP contribution in [0.25, 0.3) is 21.5 Å². The van der Waals surface area contributed by atoms with E-state index in [9.17, 15) is 4.79 Å². The Morgan fingerprint density at radius 1 is 1.08 bits per heavy atom. The zero-order valence-electron chi connectivity index (χ0n) is 13.3. The van der Waals surface area contributed by atoms with Crippen molar-refractivity contribution in [1.82, 2.24) is 4.98 Å². The van der Waals surface area contributed by atoms with Gasteiger partial charge in [0, 0.05) is 5.38 Å². The number of ether oxygens (including phenoxy) is 1. The van der Waals surface area contributed by atoms with Crippen LogP contribution in [0.5, 0.6) is 0 Å². The summed E-state index contributed by atoms with van der Waals surface area (Å²) >= 11 is 1.47. The van der Waals surface area contributed by atoms with Crippen molar-refractivity contribution in [1.29, 1.82) is 0 Å². The van der Waals surface area contributed by atoms with Gasteiger partial charge < -0.3 is 9.15 Å². The molecule has 0 unspecified atom stereocenters. The molecule has 0 radical (unpaired) electrons. The first kappa shape index (κ1) is 15.6. The maximum absolute atomic E-state index is 12.2. The summed E-state index contributed by atoms with van der Waals surface area (Å²) in [6.07, 6.45) is 1.86. The normalized spacial score (nSPS) is 10.9. The Morgan fingerprint density at radius 2 is 1.96 bits per heavy atom. The molecule has 25 heavy (non-hydrogen) atoms. The second kappa shape index (κ2) is 6.91. The molecule has 0 bridgehead atoms. The number of carbonyl (C=O) groups is 1. The Balaban J connectivity index is 1.41. The number of nitrogens with zero attached hydrogens (tertiary/aromatic N) is 1. The molecule has 0 amide bonds. The predicted molar refractivity (Wildman–Crippen MR) is 97.3 cm³/mol. The van der Waals surface area contributed by atoms with Gasteiger partial charge in [-0.2, -0.15) is 0 Å². The number of hydrogen-bond acceptors (Lipinski definition) is 5. The third kappa shape index (κ3) is 3.46. The first-order chi connectivity index (χ1) is 12.3. The van der Waals surface area contributed by atoms with E-state index in [1.165, 1.54) is 11.3 Å². The van der Waals surface area contributed by atoms with Crippen LogP contribution in [0.1, 0.15) is 11.3 Å². The maximum atomic E-state index is 12.2. The van der Waals surface area contributed by atoms with Crippen LogP contribution >= 0.6 is 11.3 Å². The van der Waals surface area contributed by atoms with E-state index in [1.807, 2.05) is 60.0 Å². The van der Waals surface area contributed by atoms with Gasteiger partial charge in [-0.25, -0.2) is 4.98 Å². The monoisotopic (exact) mass is 349 g/mol. The number of benzene rings is 2. The highest BCUT2D eigenvalue weighted by atomic mass is 32.1. The van der Waals surface area contributed by atoms with Crippen molar-refractivity contribution in [2.45, 2.75) is 13.0 Å². The van der Waals surface area contributed by atoms with E-state index in [4.69, 9.17) is 9.15 Å². The molecule has 0 saturated carbocycles. The Bertz CT molecular complexity index is 999. The second-order valence-corrected chi connectivity index (χ2v) is 6.46. The van der Waals surface area contributed by atoms with E-state index >= 15 is 0 Å². The topological polar surface area (TPSA) is 52.3 Å². The molecule has 5 heteroatoms. The fourth-order valence-corrected chi connectivity index (χ4v) is 3.46. The summed E-state index contributed by atoms with van der Waals surface area (Å²) in [5.74, 6) is 0.460. The molecule has 0 atom stereocenters. The summed E-state index contributed by atoms with van der Waals surface area (Å²) in [6, 6.07) is 17.7. The van der Waals surface area contributed by atoms with Gasteiger partial charge in [0.1, 0.15) is 6.61 Å². The lowest BCUT2D eigenvalue weighted by atomic mass is 10.0. The number of aromatic nitrogens is 1. The van der Waals surface area contributed by atoms with Gasteiger partial charge in [0.15, 0.2) is 10.8 Å². The second-order valence-electron chi connectivity index (χ2n) is 5.60. The van der Waals surface area contributed by atoms with Crippen molar-refractivity contribution in [3.05, 3.63) is 77.5 Å². The van der Waals surface area contributed by atoms with Crippen molar-refractivity contribution < 1.29 is 13.9 Å². The van der Waals surface area contributed by atoms with Crippen molar-refractivity contribution in [3.63, 3.8) is 0 Å². The molecule has 124 valence electrons. The van der Waals surface area contributed by atoms with E-state index in [0.717, 1.165) is 32.8 Å². The maximum Gasteiger partial charge on any atom is 0.310 e. The van der Waals surface area contributed by atoms with Gasteiger partial charge >= 0.3 is 5.97 Å². The summed E-state index contributed by atoms with van der Waals surface area (Å²) in [6.45, 7) is 0.167. The Labute approximate surface area is 148 Å². The molecule has 0 N–H and O–H groups in total. The molecule has 0 aliphatic carbocycles. The van der Waals surface area contributed by atoms with E-state index in [-0.39, 0.29) is 19.0 Å². The molecule has 2 aromatic heterocycles. The lowest BCUT2D eigenvalue weighted by Gasteiger charge is -2.06. The Hall–Kier alpha value is -2.92. The van der Waals surface area contributed by atoms with Crippen LogP contribution in [0.2, 0.25) is 0 Å². The van der Waals surface area contributed by atoms with E-state index < -0.39 is 0 Å². The fraction of sp³-hybridized carbons (Fsp3) is 0.100. The minimum absolute atomic E-state index is 0.167. The van der Waals surface area contributed by atoms with Gasteiger partial charge in [0.25, 0.3) is 0 Å². The van der Waals surface area contributed by atoms with Crippen LogP contribution in [0.3, 0.4) is 0 Å². The van der Waals surface area contributed by atoms with Crippen molar-refractivity contribution >= 4 is 28.1 Å². The molecular weight excluding hydrogens is 334 g/mol. The summed E-state index contributed by atoms with van der Waals surface area (Å²) in [5, 5.41) is 4.86. The molecule has 0 spiro atoms. The molecule has 2 aromatic carbocycles. The SMILES string of the molecule is O=C(Cc1cccc2ccccc12)OCc1csc(-c2ccco2)n1. The van der Waals surface area contributed by atoms with E-state index in [2.05, 4.69) is 4.98 Å². The highest BCUT2D eigenvalue weighted by Crippen LogP contribution is 2.24. The number of rotatable bonds is 5. The fourth-order valence-electron chi connectivity index (χ4n) is 2.69. The van der Waals surface area contributed by atoms with Gasteiger partial charge in [0.05, 0.1) is 18.4 Å². The van der Waals surface area contributed by atoms with Crippen molar-refractivity contribution in [2.24, 2.45) is 0 Å². The zero-order valence-corrected chi connectivity index (χ0v) is 14.2. The molecule has 0 fully saturated rings. The summed E-state index contributed by atoms with van der Waals surface area (Å²) in [7, 11) is 0. The molecule has 0 saturated heterocycles. The van der Waals surface area contributed by atoms with Gasteiger partial charge in [-0.1, -0.05) is 42.5 Å². The Kier molecular flexibility index (Phi) is 4.31. The molecule has 4 rings (SSSR count).